The number of hydrogen-bond acceptors (Lipinski definition) is 2. The molecule has 2 heteroatoms. The molecule has 0 aliphatic carbocycles. The van der Waals surface area contributed by atoms with Crippen LogP contribution < -0.4 is 10.6 Å². The summed E-state index contributed by atoms with van der Waals surface area (Å²) in [4.78, 5) is 0. The van der Waals surface area contributed by atoms with Gasteiger partial charge in [0.05, 0.1) is 12.1 Å². The van der Waals surface area contributed by atoms with Gasteiger partial charge >= 0.3 is 0 Å². The van der Waals surface area contributed by atoms with Crippen molar-refractivity contribution in [2.24, 2.45) is 0 Å². The van der Waals surface area contributed by atoms with Gasteiger partial charge in [0.1, 0.15) is 0 Å². The lowest BCUT2D eigenvalue weighted by atomic mass is 10.0. The smallest absolute Gasteiger partial charge is 0.0771 e. The molecule has 2 atom stereocenters. The lowest BCUT2D eigenvalue weighted by Crippen LogP contribution is -2.09. The van der Waals surface area contributed by atoms with Gasteiger partial charge in [-0.3, -0.25) is 0 Å². The number of rotatable bonds is 8. The fourth-order valence-electron chi connectivity index (χ4n) is 3.44. The molecule has 0 bridgehead atoms. The van der Waals surface area contributed by atoms with E-state index in [1.165, 1.54) is 11.1 Å². The van der Waals surface area contributed by atoms with E-state index in [1.807, 2.05) is 48.5 Å². The molecular formula is C29H26N2. The maximum atomic E-state index is 3.60. The molecule has 0 radical (unpaired) electrons. The first kappa shape index (κ1) is 20.3. The lowest BCUT2D eigenvalue weighted by Gasteiger charge is -2.17. The van der Waals surface area contributed by atoms with Crippen LogP contribution in [0.3, 0.4) is 0 Å². The quantitative estimate of drug-likeness (QED) is 0.300. The summed E-state index contributed by atoms with van der Waals surface area (Å²) in [7, 11) is 0. The van der Waals surface area contributed by atoms with Crippen molar-refractivity contribution in [1.29, 1.82) is 0 Å². The Hall–Kier alpha value is -4.00. The summed E-state index contributed by atoms with van der Waals surface area (Å²) in [6.07, 6.45) is 4.18. The second kappa shape index (κ2) is 10.7. The van der Waals surface area contributed by atoms with E-state index >= 15 is 0 Å². The number of anilines is 2. The Bertz CT molecular complexity index is 1010. The third kappa shape index (κ3) is 5.99. The molecule has 0 aromatic heterocycles. The summed E-state index contributed by atoms with van der Waals surface area (Å²) in [6, 6.07) is 41.5. The predicted octanol–water partition coefficient (Wildman–Crippen LogP) is 7.40. The van der Waals surface area contributed by atoms with Gasteiger partial charge in [0.25, 0.3) is 0 Å². The molecule has 0 aliphatic rings. The molecule has 152 valence electrons. The van der Waals surface area contributed by atoms with Crippen LogP contribution in [0.2, 0.25) is 0 Å². The minimum absolute atomic E-state index is 0.0213. The molecular weight excluding hydrogens is 376 g/mol. The molecule has 0 saturated carbocycles. The molecule has 0 saturated heterocycles. The zero-order chi connectivity index (χ0) is 21.1. The Morgan fingerprint density at radius 3 is 1.13 bits per heavy atom. The Kier molecular flexibility index (Phi) is 6.99. The SMILES string of the molecule is C(=CC(Nc1ccccc1)c1ccccc1)=CC(Nc1ccccc1)c1ccccc1. The van der Waals surface area contributed by atoms with E-state index in [0.717, 1.165) is 11.4 Å². The normalized spacial score (nSPS) is 12.1. The highest BCUT2D eigenvalue weighted by molar-refractivity contribution is 5.48. The zero-order valence-electron chi connectivity index (χ0n) is 17.4. The van der Waals surface area contributed by atoms with E-state index in [2.05, 4.69) is 101 Å². The zero-order valence-corrected chi connectivity index (χ0v) is 17.4. The van der Waals surface area contributed by atoms with Crippen molar-refractivity contribution >= 4 is 11.4 Å². The fourth-order valence-corrected chi connectivity index (χ4v) is 3.44. The highest BCUT2D eigenvalue weighted by Gasteiger charge is 2.09. The van der Waals surface area contributed by atoms with Gasteiger partial charge in [-0.25, -0.2) is 0 Å². The maximum Gasteiger partial charge on any atom is 0.0771 e. The van der Waals surface area contributed by atoms with Gasteiger partial charge < -0.3 is 10.6 Å². The van der Waals surface area contributed by atoms with Gasteiger partial charge in [-0.1, -0.05) is 97.1 Å². The van der Waals surface area contributed by atoms with Gasteiger partial charge in [-0.15, -0.1) is 5.73 Å². The third-order valence-corrected chi connectivity index (χ3v) is 5.04. The van der Waals surface area contributed by atoms with Crippen LogP contribution in [0.15, 0.2) is 139 Å². The number of hydrogen-bond donors (Lipinski definition) is 2. The fraction of sp³-hybridized carbons (Fsp3) is 0.0690. The van der Waals surface area contributed by atoms with Gasteiger partial charge in [-0.2, -0.15) is 0 Å². The minimum atomic E-state index is 0.0213. The second-order valence-electron chi connectivity index (χ2n) is 7.30. The first-order valence-corrected chi connectivity index (χ1v) is 10.5. The largest absolute Gasteiger partial charge is 0.374 e. The van der Waals surface area contributed by atoms with Crippen LogP contribution in [0.1, 0.15) is 23.2 Å². The second-order valence-corrected chi connectivity index (χ2v) is 7.30. The summed E-state index contributed by atoms with van der Waals surface area (Å²) in [5.74, 6) is 0. The average molecular weight is 403 g/mol. The molecule has 0 aliphatic heterocycles. The van der Waals surface area contributed by atoms with Gasteiger partial charge in [-0.05, 0) is 47.5 Å². The minimum Gasteiger partial charge on any atom is -0.374 e. The average Bonchev–Trinajstić information content (AvgIpc) is 2.85. The van der Waals surface area contributed by atoms with Crippen LogP contribution in [-0.4, -0.2) is 0 Å². The maximum absolute atomic E-state index is 3.60. The van der Waals surface area contributed by atoms with Crippen molar-refractivity contribution in [3.63, 3.8) is 0 Å². The van der Waals surface area contributed by atoms with Crippen molar-refractivity contribution in [2.45, 2.75) is 12.1 Å². The van der Waals surface area contributed by atoms with Crippen LogP contribution in [0.25, 0.3) is 0 Å². The van der Waals surface area contributed by atoms with Crippen molar-refractivity contribution in [1.82, 2.24) is 0 Å². The van der Waals surface area contributed by atoms with E-state index < -0.39 is 0 Å². The standard InChI is InChI=1S/C29H26N2/c1-5-14-24(15-6-1)28(30-26-18-9-3-10-19-26)22-13-23-29(25-16-7-2-8-17-25)31-27-20-11-4-12-21-27/h1-12,14-23,28-31H. The molecule has 0 fully saturated rings. The predicted molar refractivity (Wildman–Crippen MR) is 131 cm³/mol. The van der Waals surface area contributed by atoms with E-state index in [0.29, 0.717) is 0 Å². The Labute approximate surface area is 184 Å². The van der Waals surface area contributed by atoms with Crippen molar-refractivity contribution in [3.8, 4) is 0 Å². The monoisotopic (exact) mass is 402 g/mol. The van der Waals surface area contributed by atoms with Gasteiger partial charge in [0.15, 0.2) is 0 Å². The summed E-state index contributed by atoms with van der Waals surface area (Å²) in [6.45, 7) is 0. The highest BCUT2D eigenvalue weighted by atomic mass is 14.9. The first-order valence-electron chi connectivity index (χ1n) is 10.5. The molecule has 4 aromatic carbocycles. The Morgan fingerprint density at radius 2 is 0.774 bits per heavy atom. The van der Waals surface area contributed by atoms with Crippen LogP contribution in [-0.2, 0) is 0 Å². The number of benzene rings is 4. The van der Waals surface area contributed by atoms with E-state index in [-0.39, 0.29) is 12.1 Å². The molecule has 4 rings (SSSR count). The summed E-state index contributed by atoms with van der Waals surface area (Å²) in [5, 5.41) is 7.20. The summed E-state index contributed by atoms with van der Waals surface area (Å²) < 4.78 is 0. The third-order valence-electron chi connectivity index (χ3n) is 5.04. The lowest BCUT2D eigenvalue weighted by molar-refractivity contribution is 0.969. The summed E-state index contributed by atoms with van der Waals surface area (Å²) in [5.41, 5.74) is 8.00. The summed E-state index contributed by atoms with van der Waals surface area (Å²) >= 11 is 0. The van der Waals surface area contributed by atoms with Crippen LogP contribution in [0.5, 0.6) is 0 Å². The molecule has 0 heterocycles. The van der Waals surface area contributed by atoms with Crippen molar-refractivity contribution < 1.29 is 0 Å². The Morgan fingerprint density at radius 1 is 0.452 bits per heavy atom. The van der Waals surface area contributed by atoms with Crippen LogP contribution in [0.4, 0.5) is 11.4 Å². The molecule has 0 spiro atoms. The van der Waals surface area contributed by atoms with E-state index in [4.69, 9.17) is 0 Å². The van der Waals surface area contributed by atoms with Crippen molar-refractivity contribution in [3.05, 3.63) is 150 Å². The first-order chi connectivity index (χ1) is 15.4. The Balaban J connectivity index is 1.61. The topological polar surface area (TPSA) is 24.1 Å². The van der Waals surface area contributed by atoms with E-state index in [1.54, 1.807) is 0 Å². The van der Waals surface area contributed by atoms with Gasteiger partial charge in [0, 0.05) is 11.4 Å². The van der Waals surface area contributed by atoms with Crippen LogP contribution in [0, 0.1) is 0 Å². The van der Waals surface area contributed by atoms with Crippen molar-refractivity contribution in [2.75, 3.05) is 10.6 Å². The molecule has 2 N–H and O–H groups in total. The number of nitrogens with one attached hydrogen (secondary N) is 2. The molecule has 31 heavy (non-hydrogen) atoms. The number of para-hydroxylation sites is 2. The van der Waals surface area contributed by atoms with E-state index in [9.17, 15) is 0 Å². The molecule has 2 nitrogen and oxygen atoms in total. The molecule has 0 amide bonds. The molecule has 4 aromatic rings. The van der Waals surface area contributed by atoms with Gasteiger partial charge in [0.2, 0.25) is 0 Å². The molecule has 2 unspecified atom stereocenters. The highest BCUT2D eigenvalue weighted by Crippen LogP contribution is 2.23. The van der Waals surface area contributed by atoms with Crippen LogP contribution >= 0.6 is 0 Å².